The molecule has 0 fully saturated rings. The number of ketones is 1. The number of hydrogen-bond acceptors (Lipinski definition) is 5. The molecule has 0 saturated carbocycles. The van der Waals surface area contributed by atoms with Crippen LogP contribution in [0, 0.1) is 0 Å². The molecule has 2 heterocycles. The minimum atomic E-state index is -0.244. The summed E-state index contributed by atoms with van der Waals surface area (Å²) in [5.74, 6) is -0.217. The molecule has 0 bridgehead atoms. The van der Waals surface area contributed by atoms with Gasteiger partial charge in [0.25, 0.3) is 5.91 Å². The van der Waals surface area contributed by atoms with E-state index in [1.165, 1.54) is 6.92 Å². The Bertz CT molecular complexity index is 891. The summed E-state index contributed by atoms with van der Waals surface area (Å²) in [6.07, 6.45) is 4.99. The average Bonchev–Trinajstić information content (AvgIpc) is 2.68. The second-order valence-corrected chi connectivity index (χ2v) is 5.73. The van der Waals surface area contributed by atoms with Gasteiger partial charge in [0.2, 0.25) is 0 Å². The first-order chi connectivity index (χ1) is 12.6. The largest absolute Gasteiger partial charge is 0.354 e. The zero-order valence-corrected chi connectivity index (χ0v) is 14.3. The minimum absolute atomic E-state index is 0.0277. The van der Waals surface area contributed by atoms with Gasteiger partial charge in [0, 0.05) is 30.2 Å². The Morgan fingerprint density at radius 1 is 0.962 bits per heavy atom. The van der Waals surface area contributed by atoms with Crippen molar-refractivity contribution in [1.82, 2.24) is 15.3 Å². The molecule has 0 atom stereocenters. The summed E-state index contributed by atoms with van der Waals surface area (Å²) >= 11 is 0. The molecular weight excluding hydrogens is 328 g/mol. The lowest BCUT2D eigenvalue weighted by Crippen LogP contribution is -2.23. The third kappa shape index (κ3) is 4.51. The van der Waals surface area contributed by atoms with E-state index in [1.807, 2.05) is 24.3 Å². The van der Waals surface area contributed by atoms with Gasteiger partial charge in [0.1, 0.15) is 5.69 Å². The molecule has 3 rings (SSSR count). The van der Waals surface area contributed by atoms with E-state index in [4.69, 9.17) is 0 Å². The van der Waals surface area contributed by atoms with E-state index in [0.29, 0.717) is 17.8 Å². The van der Waals surface area contributed by atoms with Crippen molar-refractivity contribution in [3.63, 3.8) is 0 Å². The maximum absolute atomic E-state index is 12.1. The number of nitrogens with one attached hydrogen (secondary N) is 2. The first-order valence-electron chi connectivity index (χ1n) is 8.13. The molecule has 130 valence electrons. The van der Waals surface area contributed by atoms with Crippen LogP contribution in [0.3, 0.4) is 0 Å². The van der Waals surface area contributed by atoms with Crippen LogP contribution < -0.4 is 10.6 Å². The molecular formula is C20H18N4O2. The number of hydrogen-bond donors (Lipinski definition) is 2. The van der Waals surface area contributed by atoms with Gasteiger partial charge in [-0.3, -0.25) is 14.6 Å². The van der Waals surface area contributed by atoms with E-state index >= 15 is 0 Å². The van der Waals surface area contributed by atoms with E-state index in [0.717, 1.165) is 16.9 Å². The molecule has 6 heteroatoms. The molecule has 1 aromatic carbocycles. The number of pyridine rings is 2. The molecule has 1 amide bonds. The van der Waals surface area contributed by atoms with Crippen molar-refractivity contribution in [2.24, 2.45) is 0 Å². The van der Waals surface area contributed by atoms with E-state index in [2.05, 4.69) is 20.6 Å². The predicted octanol–water partition coefficient (Wildman–Crippen LogP) is 3.35. The summed E-state index contributed by atoms with van der Waals surface area (Å²) in [4.78, 5) is 31.6. The Labute approximate surface area is 151 Å². The number of nitrogens with zero attached hydrogens (tertiary/aromatic N) is 2. The van der Waals surface area contributed by atoms with E-state index < -0.39 is 0 Å². The van der Waals surface area contributed by atoms with Crippen LogP contribution in [0.1, 0.15) is 33.3 Å². The Morgan fingerprint density at radius 2 is 1.73 bits per heavy atom. The SMILES string of the molecule is CC(=O)c1ccc(Nc2ccc(C(=O)NCc3cccnc3)nc2)cc1. The summed E-state index contributed by atoms with van der Waals surface area (Å²) < 4.78 is 0. The molecule has 0 aliphatic heterocycles. The summed E-state index contributed by atoms with van der Waals surface area (Å²) in [6.45, 7) is 1.93. The number of Topliss-reactive ketones (excluding diaryl/α,β-unsaturated/α-hetero) is 1. The summed E-state index contributed by atoms with van der Waals surface area (Å²) in [5.41, 5.74) is 3.52. The zero-order valence-electron chi connectivity index (χ0n) is 14.3. The Kier molecular flexibility index (Phi) is 5.34. The zero-order chi connectivity index (χ0) is 18.4. The van der Waals surface area contributed by atoms with Gasteiger partial charge in [-0.05, 0) is 55.0 Å². The van der Waals surface area contributed by atoms with Gasteiger partial charge in [-0.1, -0.05) is 6.07 Å². The van der Waals surface area contributed by atoms with Gasteiger partial charge in [-0.25, -0.2) is 4.98 Å². The molecule has 3 aromatic rings. The van der Waals surface area contributed by atoms with E-state index in [1.54, 1.807) is 42.9 Å². The van der Waals surface area contributed by atoms with Crippen molar-refractivity contribution >= 4 is 23.1 Å². The maximum Gasteiger partial charge on any atom is 0.270 e. The second-order valence-electron chi connectivity index (χ2n) is 5.73. The van der Waals surface area contributed by atoms with Crippen molar-refractivity contribution in [2.45, 2.75) is 13.5 Å². The smallest absolute Gasteiger partial charge is 0.270 e. The fraction of sp³-hybridized carbons (Fsp3) is 0.100. The van der Waals surface area contributed by atoms with Gasteiger partial charge in [0.05, 0.1) is 11.9 Å². The highest BCUT2D eigenvalue weighted by molar-refractivity contribution is 5.94. The molecule has 0 spiro atoms. The van der Waals surface area contributed by atoms with Crippen molar-refractivity contribution < 1.29 is 9.59 Å². The normalized spacial score (nSPS) is 10.2. The van der Waals surface area contributed by atoms with Crippen molar-refractivity contribution in [3.8, 4) is 0 Å². The summed E-state index contributed by atoms with van der Waals surface area (Å²) in [7, 11) is 0. The lowest BCUT2D eigenvalue weighted by atomic mass is 10.1. The Balaban J connectivity index is 1.59. The van der Waals surface area contributed by atoms with Crippen LogP contribution >= 0.6 is 0 Å². The molecule has 6 nitrogen and oxygen atoms in total. The molecule has 2 N–H and O–H groups in total. The average molecular weight is 346 g/mol. The number of amides is 1. The number of anilines is 2. The minimum Gasteiger partial charge on any atom is -0.354 e. The maximum atomic E-state index is 12.1. The van der Waals surface area contributed by atoms with Crippen LogP contribution in [-0.2, 0) is 6.54 Å². The topological polar surface area (TPSA) is 84.0 Å². The van der Waals surface area contributed by atoms with Crippen LogP contribution in [0.15, 0.2) is 67.1 Å². The van der Waals surface area contributed by atoms with Gasteiger partial charge >= 0.3 is 0 Å². The highest BCUT2D eigenvalue weighted by Gasteiger charge is 2.07. The fourth-order valence-electron chi connectivity index (χ4n) is 2.33. The molecule has 26 heavy (non-hydrogen) atoms. The molecule has 2 aromatic heterocycles. The third-order valence-electron chi connectivity index (χ3n) is 3.75. The van der Waals surface area contributed by atoms with Crippen molar-refractivity contribution in [3.05, 3.63) is 83.9 Å². The van der Waals surface area contributed by atoms with Gasteiger partial charge in [-0.15, -0.1) is 0 Å². The quantitative estimate of drug-likeness (QED) is 0.669. The van der Waals surface area contributed by atoms with Crippen LogP contribution in [0.5, 0.6) is 0 Å². The third-order valence-corrected chi connectivity index (χ3v) is 3.75. The number of carbonyl (C=O) groups excluding carboxylic acids is 2. The lowest BCUT2D eigenvalue weighted by molar-refractivity contribution is 0.0945. The number of rotatable bonds is 6. The van der Waals surface area contributed by atoms with Crippen molar-refractivity contribution in [2.75, 3.05) is 5.32 Å². The van der Waals surface area contributed by atoms with E-state index in [9.17, 15) is 9.59 Å². The summed E-state index contributed by atoms with van der Waals surface area (Å²) in [6, 6.07) is 14.3. The predicted molar refractivity (Wildman–Crippen MR) is 99.4 cm³/mol. The molecule has 0 unspecified atom stereocenters. The highest BCUT2D eigenvalue weighted by atomic mass is 16.1. The molecule has 0 radical (unpaired) electrons. The number of aromatic nitrogens is 2. The first kappa shape index (κ1) is 17.3. The van der Waals surface area contributed by atoms with E-state index in [-0.39, 0.29) is 11.7 Å². The van der Waals surface area contributed by atoms with Gasteiger partial charge in [-0.2, -0.15) is 0 Å². The summed E-state index contributed by atoms with van der Waals surface area (Å²) in [5, 5.41) is 5.99. The first-order valence-corrected chi connectivity index (χ1v) is 8.13. The monoisotopic (exact) mass is 346 g/mol. The van der Waals surface area contributed by atoms with Crippen LogP contribution in [0.25, 0.3) is 0 Å². The number of benzene rings is 1. The van der Waals surface area contributed by atoms with Gasteiger partial charge < -0.3 is 10.6 Å². The number of carbonyl (C=O) groups is 2. The molecule has 0 aliphatic carbocycles. The van der Waals surface area contributed by atoms with Crippen LogP contribution in [0.2, 0.25) is 0 Å². The molecule has 0 aliphatic rings. The van der Waals surface area contributed by atoms with Crippen LogP contribution in [-0.4, -0.2) is 21.7 Å². The van der Waals surface area contributed by atoms with Gasteiger partial charge in [0.15, 0.2) is 5.78 Å². The lowest BCUT2D eigenvalue weighted by Gasteiger charge is -2.08. The Hall–Kier alpha value is -3.54. The fourth-order valence-corrected chi connectivity index (χ4v) is 2.33. The standard InChI is InChI=1S/C20H18N4O2/c1-14(25)16-4-6-17(7-5-16)24-18-8-9-19(22-13-18)20(26)23-12-15-3-2-10-21-11-15/h2-11,13,24H,12H2,1H3,(H,23,26). The highest BCUT2D eigenvalue weighted by Crippen LogP contribution is 2.17. The molecule has 0 saturated heterocycles. The second kappa shape index (κ2) is 8.02. The Morgan fingerprint density at radius 3 is 2.35 bits per heavy atom. The van der Waals surface area contributed by atoms with Crippen LogP contribution in [0.4, 0.5) is 11.4 Å². The van der Waals surface area contributed by atoms with Crippen molar-refractivity contribution in [1.29, 1.82) is 0 Å².